The van der Waals surface area contributed by atoms with Crippen LogP contribution in [0.1, 0.15) is 32.9 Å². The number of H-pyrrole nitrogens is 1. The number of thiazole rings is 1. The lowest BCUT2D eigenvalue weighted by atomic mass is 10.0. The summed E-state index contributed by atoms with van der Waals surface area (Å²) < 4.78 is 0. The highest BCUT2D eigenvalue weighted by molar-refractivity contribution is 7.13. The van der Waals surface area contributed by atoms with E-state index in [0.717, 1.165) is 76.2 Å². The van der Waals surface area contributed by atoms with E-state index in [9.17, 15) is 9.59 Å². The maximum Gasteiger partial charge on any atom is 0.256 e. The van der Waals surface area contributed by atoms with Crippen LogP contribution in [0.2, 0.25) is 0 Å². The van der Waals surface area contributed by atoms with Crippen LogP contribution in [0.4, 0.5) is 5.69 Å². The van der Waals surface area contributed by atoms with Crippen LogP contribution in [-0.4, -0.2) is 64.8 Å². The predicted octanol–water partition coefficient (Wildman–Crippen LogP) is 5.30. The standard InChI is InChI=1S/C30H29N5O2S/c1-18-25(31-19(2)27(18)30(37)35-13-11-34(3)12-14-35)16-23-22-15-21(9-10-24(22)32-28(23)36)26-17-38-29(33-26)20-7-5-4-6-8-20/h4-10,15-17,31H,11-14H2,1-3H3,(H,32,36). The quantitative estimate of drug-likeness (QED) is 0.356. The first-order valence-electron chi connectivity index (χ1n) is 12.7. The van der Waals surface area contributed by atoms with Gasteiger partial charge in [0, 0.05) is 65.3 Å². The number of nitrogens with zero attached hydrogens (tertiary/aromatic N) is 3. The molecule has 2 aliphatic rings. The monoisotopic (exact) mass is 523 g/mol. The number of hydrogen-bond donors (Lipinski definition) is 2. The van der Waals surface area contributed by atoms with Crippen molar-refractivity contribution in [1.82, 2.24) is 19.8 Å². The van der Waals surface area contributed by atoms with Gasteiger partial charge in [-0.3, -0.25) is 9.59 Å². The van der Waals surface area contributed by atoms with E-state index in [0.29, 0.717) is 11.1 Å². The summed E-state index contributed by atoms with van der Waals surface area (Å²) in [7, 11) is 2.07. The van der Waals surface area contributed by atoms with Crippen LogP contribution in [0.15, 0.2) is 53.9 Å². The highest BCUT2D eigenvalue weighted by Crippen LogP contribution is 2.38. The summed E-state index contributed by atoms with van der Waals surface area (Å²) in [5, 5.41) is 5.99. The molecule has 1 fully saturated rings. The zero-order valence-corrected chi connectivity index (χ0v) is 22.5. The minimum absolute atomic E-state index is 0.0466. The molecule has 2 aromatic heterocycles. The number of aromatic amines is 1. The molecule has 0 spiro atoms. The summed E-state index contributed by atoms with van der Waals surface area (Å²) in [4.78, 5) is 38.7. The van der Waals surface area contributed by atoms with Crippen molar-refractivity contribution in [2.24, 2.45) is 0 Å². The molecule has 0 unspecified atom stereocenters. The fourth-order valence-corrected chi connectivity index (χ4v) is 6.00. The Balaban J connectivity index is 1.32. The lowest BCUT2D eigenvalue weighted by Crippen LogP contribution is -2.47. The number of carbonyl (C=O) groups is 2. The van der Waals surface area contributed by atoms with Crippen LogP contribution in [0.5, 0.6) is 0 Å². The normalized spacial score (nSPS) is 16.7. The third kappa shape index (κ3) is 4.36. The van der Waals surface area contributed by atoms with Gasteiger partial charge in [-0.1, -0.05) is 36.4 Å². The van der Waals surface area contributed by atoms with Crippen LogP contribution in [-0.2, 0) is 4.79 Å². The molecule has 0 radical (unpaired) electrons. The van der Waals surface area contributed by atoms with Crippen molar-refractivity contribution >= 4 is 40.5 Å². The minimum Gasteiger partial charge on any atom is -0.358 e. The molecule has 4 heterocycles. The molecule has 8 heteroatoms. The topological polar surface area (TPSA) is 81.3 Å². The smallest absolute Gasteiger partial charge is 0.256 e. The third-order valence-electron chi connectivity index (χ3n) is 7.39. The van der Waals surface area contributed by atoms with E-state index in [2.05, 4.69) is 34.4 Å². The summed E-state index contributed by atoms with van der Waals surface area (Å²) >= 11 is 1.60. The first-order valence-corrected chi connectivity index (χ1v) is 13.6. The molecule has 0 atom stereocenters. The van der Waals surface area contributed by atoms with E-state index >= 15 is 0 Å². The summed E-state index contributed by atoms with van der Waals surface area (Å²) in [6.07, 6.45) is 1.87. The largest absolute Gasteiger partial charge is 0.358 e. The lowest BCUT2D eigenvalue weighted by molar-refractivity contribution is -0.110. The molecule has 7 nitrogen and oxygen atoms in total. The Morgan fingerprint density at radius 3 is 2.55 bits per heavy atom. The number of carbonyl (C=O) groups excluding carboxylic acids is 2. The molecule has 0 saturated carbocycles. The molecule has 0 aliphatic carbocycles. The van der Waals surface area contributed by atoms with Crippen molar-refractivity contribution in [2.75, 3.05) is 38.5 Å². The number of aromatic nitrogens is 2. The second kappa shape index (κ2) is 9.70. The Morgan fingerprint density at radius 2 is 1.79 bits per heavy atom. The van der Waals surface area contributed by atoms with Crippen molar-refractivity contribution in [3.63, 3.8) is 0 Å². The van der Waals surface area contributed by atoms with Gasteiger partial charge in [0.1, 0.15) is 5.01 Å². The Bertz CT molecular complexity index is 1580. The van der Waals surface area contributed by atoms with E-state index in [1.807, 2.05) is 66.6 Å². The van der Waals surface area contributed by atoms with E-state index in [1.54, 1.807) is 11.3 Å². The highest BCUT2D eigenvalue weighted by atomic mass is 32.1. The summed E-state index contributed by atoms with van der Waals surface area (Å²) in [6, 6.07) is 16.1. The summed E-state index contributed by atoms with van der Waals surface area (Å²) in [5.41, 5.74) is 8.26. The number of amides is 2. The maximum absolute atomic E-state index is 13.3. The van der Waals surface area contributed by atoms with Gasteiger partial charge < -0.3 is 20.1 Å². The average molecular weight is 524 g/mol. The van der Waals surface area contributed by atoms with Gasteiger partial charge in [-0.05, 0) is 44.7 Å². The van der Waals surface area contributed by atoms with Gasteiger partial charge in [-0.2, -0.15) is 0 Å². The Morgan fingerprint density at radius 1 is 1.03 bits per heavy atom. The van der Waals surface area contributed by atoms with E-state index < -0.39 is 0 Å². The van der Waals surface area contributed by atoms with Crippen molar-refractivity contribution in [1.29, 1.82) is 0 Å². The lowest BCUT2D eigenvalue weighted by Gasteiger charge is -2.32. The number of rotatable bonds is 4. The number of aryl methyl sites for hydroxylation is 1. The SMILES string of the molecule is Cc1[nH]c(C=C2C(=O)Nc3ccc(-c4csc(-c5ccccc5)n4)cc32)c(C)c1C(=O)N1CCN(C)CC1. The van der Waals surface area contributed by atoms with Gasteiger partial charge in [0.15, 0.2) is 0 Å². The zero-order chi connectivity index (χ0) is 26.4. The van der Waals surface area contributed by atoms with Crippen LogP contribution in [0, 0.1) is 13.8 Å². The maximum atomic E-state index is 13.3. The zero-order valence-electron chi connectivity index (χ0n) is 21.7. The van der Waals surface area contributed by atoms with Gasteiger partial charge >= 0.3 is 0 Å². The Labute approximate surface area is 225 Å². The number of nitrogens with one attached hydrogen (secondary N) is 2. The van der Waals surface area contributed by atoms with E-state index in [4.69, 9.17) is 4.98 Å². The number of benzene rings is 2. The van der Waals surface area contributed by atoms with Gasteiger partial charge in [-0.15, -0.1) is 11.3 Å². The molecule has 2 N–H and O–H groups in total. The van der Waals surface area contributed by atoms with Gasteiger partial charge in [-0.25, -0.2) is 4.98 Å². The molecular formula is C30H29N5O2S. The van der Waals surface area contributed by atoms with Crippen LogP contribution < -0.4 is 5.32 Å². The van der Waals surface area contributed by atoms with Crippen molar-refractivity contribution in [3.05, 3.63) is 82.0 Å². The van der Waals surface area contributed by atoms with Crippen molar-refractivity contribution in [2.45, 2.75) is 13.8 Å². The van der Waals surface area contributed by atoms with Crippen LogP contribution in [0.25, 0.3) is 33.5 Å². The van der Waals surface area contributed by atoms with Gasteiger partial charge in [0.25, 0.3) is 11.8 Å². The molecule has 192 valence electrons. The van der Waals surface area contributed by atoms with Crippen molar-refractivity contribution in [3.8, 4) is 21.8 Å². The number of fused-ring (bicyclic) bond motifs is 1. The Hall–Kier alpha value is -4.01. The number of piperazine rings is 1. The average Bonchev–Trinajstić information content (AvgIpc) is 3.61. The molecule has 6 rings (SSSR count). The number of likely N-dealkylation sites (N-methyl/N-ethyl adjacent to an activating group) is 1. The van der Waals surface area contributed by atoms with E-state index in [1.165, 1.54) is 0 Å². The highest BCUT2D eigenvalue weighted by Gasteiger charge is 2.28. The fourth-order valence-electron chi connectivity index (χ4n) is 5.16. The molecule has 1 saturated heterocycles. The first kappa shape index (κ1) is 24.3. The first-order chi connectivity index (χ1) is 18.4. The summed E-state index contributed by atoms with van der Waals surface area (Å²) in [6.45, 7) is 7.05. The Kier molecular flexibility index (Phi) is 6.21. The third-order valence-corrected chi connectivity index (χ3v) is 8.28. The fraction of sp³-hybridized carbons (Fsp3) is 0.233. The minimum atomic E-state index is -0.154. The van der Waals surface area contributed by atoms with Gasteiger partial charge in [0.05, 0.1) is 16.8 Å². The molecule has 2 amide bonds. The number of hydrogen-bond acceptors (Lipinski definition) is 5. The molecular weight excluding hydrogens is 494 g/mol. The van der Waals surface area contributed by atoms with Crippen molar-refractivity contribution < 1.29 is 9.59 Å². The van der Waals surface area contributed by atoms with Gasteiger partial charge in [0.2, 0.25) is 0 Å². The second-order valence-electron chi connectivity index (χ2n) is 9.94. The van der Waals surface area contributed by atoms with Crippen LogP contribution >= 0.6 is 11.3 Å². The number of anilines is 1. The van der Waals surface area contributed by atoms with Crippen LogP contribution in [0.3, 0.4) is 0 Å². The molecule has 2 aromatic carbocycles. The predicted molar refractivity (Wildman–Crippen MR) is 153 cm³/mol. The van der Waals surface area contributed by atoms with E-state index in [-0.39, 0.29) is 11.8 Å². The summed E-state index contributed by atoms with van der Waals surface area (Å²) in [5.74, 6) is -0.107. The molecule has 2 aliphatic heterocycles. The molecule has 4 aromatic rings. The molecule has 0 bridgehead atoms. The molecule has 38 heavy (non-hydrogen) atoms. The second-order valence-corrected chi connectivity index (χ2v) is 10.8.